The van der Waals surface area contributed by atoms with Crippen LogP contribution >= 0.6 is 0 Å². The molecule has 4 nitrogen and oxygen atoms in total. The molecule has 1 aromatic heterocycles. The van der Waals surface area contributed by atoms with Crippen molar-refractivity contribution in [1.82, 2.24) is 9.88 Å². The third-order valence-corrected chi connectivity index (χ3v) is 3.77. The average Bonchev–Trinajstić information content (AvgIpc) is 2.48. The molecular formula is C14H16N2O2. The summed E-state index contributed by atoms with van der Waals surface area (Å²) in [4.78, 5) is 18.1. The van der Waals surface area contributed by atoms with Gasteiger partial charge >= 0.3 is 5.97 Å². The lowest BCUT2D eigenvalue weighted by Crippen LogP contribution is -2.35. The van der Waals surface area contributed by atoms with Gasteiger partial charge < -0.3 is 9.64 Å². The maximum absolute atomic E-state index is 11.3. The minimum Gasteiger partial charge on any atom is -0.465 e. The molecule has 18 heavy (non-hydrogen) atoms. The monoisotopic (exact) mass is 244 g/mol. The molecule has 4 heteroatoms. The highest BCUT2D eigenvalue weighted by Crippen LogP contribution is 2.36. The lowest BCUT2D eigenvalue weighted by atomic mass is 9.84. The number of allylic oxidation sites excluding steroid dienone is 1. The summed E-state index contributed by atoms with van der Waals surface area (Å²) in [5.41, 5.74) is 2.80. The number of carbonyl (C=O) groups is 1. The van der Waals surface area contributed by atoms with Gasteiger partial charge in [0.2, 0.25) is 0 Å². The molecule has 0 spiro atoms. The summed E-state index contributed by atoms with van der Waals surface area (Å²) in [5, 5.41) is 0. The van der Waals surface area contributed by atoms with Crippen LogP contribution in [0.5, 0.6) is 0 Å². The molecule has 4 rings (SSSR count). The van der Waals surface area contributed by atoms with Crippen molar-refractivity contribution < 1.29 is 9.53 Å². The Morgan fingerprint density at radius 1 is 1.39 bits per heavy atom. The topological polar surface area (TPSA) is 42.4 Å². The van der Waals surface area contributed by atoms with Crippen LogP contribution in [0.2, 0.25) is 0 Å². The fourth-order valence-corrected chi connectivity index (χ4v) is 2.72. The third kappa shape index (κ3) is 1.88. The van der Waals surface area contributed by atoms with Gasteiger partial charge in [-0.25, -0.2) is 4.79 Å². The molecule has 1 saturated heterocycles. The van der Waals surface area contributed by atoms with E-state index in [1.807, 2.05) is 6.07 Å². The standard InChI is InChI=1S/C14H16N2O2/c1-18-14(17)11-2-3-13(15-8-11)12-9-16-6-4-10(12)5-7-16/h2-3,8-10H,4-7H2,1H3. The Labute approximate surface area is 106 Å². The number of carbonyl (C=O) groups excluding carboxylic acids is 1. The van der Waals surface area contributed by atoms with Crippen LogP contribution in [0.3, 0.4) is 0 Å². The quantitative estimate of drug-likeness (QED) is 0.746. The highest BCUT2D eigenvalue weighted by Gasteiger charge is 2.28. The summed E-state index contributed by atoms with van der Waals surface area (Å²) < 4.78 is 4.67. The summed E-state index contributed by atoms with van der Waals surface area (Å²) in [7, 11) is 1.38. The number of hydrogen-bond acceptors (Lipinski definition) is 4. The van der Waals surface area contributed by atoms with Crippen molar-refractivity contribution in [2.24, 2.45) is 5.92 Å². The van der Waals surface area contributed by atoms with E-state index in [-0.39, 0.29) is 5.97 Å². The first-order valence-electron chi connectivity index (χ1n) is 6.28. The number of ether oxygens (including phenoxy) is 1. The number of piperidine rings is 1. The van der Waals surface area contributed by atoms with Gasteiger partial charge in [-0.3, -0.25) is 4.98 Å². The number of pyridine rings is 1. The van der Waals surface area contributed by atoms with Crippen molar-refractivity contribution in [3.05, 3.63) is 35.8 Å². The van der Waals surface area contributed by atoms with Gasteiger partial charge in [-0.2, -0.15) is 0 Å². The second kappa shape index (κ2) is 4.44. The van der Waals surface area contributed by atoms with Crippen LogP contribution in [-0.4, -0.2) is 36.1 Å². The summed E-state index contributed by atoms with van der Waals surface area (Å²) in [5.74, 6) is 0.295. The zero-order valence-corrected chi connectivity index (χ0v) is 10.4. The average molecular weight is 244 g/mol. The van der Waals surface area contributed by atoms with Crippen LogP contribution in [0, 0.1) is 5.92 Å². The molecular weight excluding hydrogens is 228 g/mol. The first-order valence-corrected chi connectivity index (χ1v) is 6.28. The molecule has 0 aliphatic carbocycles. The van der Waals surface area contributed by atoms with Gasteiger partial charge in [0.15, 0.2) is 0 Å². The van der Waals surface area contributed by atoms with E-state index in [0.717, 1.165) is 18.8 Å². The van der Waals surface area contributed by atoms with Crippen LogP contribution in [0.4, 0.5) is 0 Å². The molecule has 0 aromatic carbocycles. The maximum atomic E-state index is 11.3. The second-order valence-corrected chi connectivity index (χ2v) is 4.82. The number of nitrogens with zero attached hydrogens (tertiary/aromatic N) is 2. The largest absolute Gasteiger partial charge is 0.465 e. The van der Waals surface area contributed by atoms with E-state index in [1.165, 1.54) is 25.5 Å². The third-order valence-electron chi connectivity index (χ3n) is 3.77. The number of rotatable bonds is 2. The predicted octanol–water partition coefficient (Wildman–Crippen LogP) is 1.93. The minimum absolute atomic E-state index is 0.336. The summed E-state index contributed by atoms with van der Waals surface area (Å²) in [6.45, 7) is 2.32. The molecule has 4 heterocycles. The van der Waals surface area contributed by atoms with Crippen molar-refractivity contribution in [3.63, 3.8) is 0 Å². The van der Waals surface area contributed by atoms with E-state index < -0.39 is 0 Å². The summed E-state index contributed by atoms with van der Waals surface area (Å²) in [6.07, 6.45) is 6.25. The zero-order chi connectivity index (χ0) is 12.5. The van der Waals surface area contributed by atoms with Crippen molar-refractivity contribution in [1.29, 1.82) is 0 Å². The van der Waals surface area contributed by atoms with Gasteiger partial charge in [0.05, 0.1) is 18.4 Å². The Kier molecular flexibility index (Phi) is 2.78. The van der Waals surface area contributed by atoms with Crippen molar-refractivity contribution in [2.45, 2.75) is 12.8 Å². The number of methoxy groups -OCH3 is 1. The van der Waals surface area contributed by atoms with Gasteiger partial charge in [-0.15, -0.1) is 0 Å². The molecule has 0 saturated carbocycles. The Balaban J connectivity index is 1.87. The highest BCUT2D eigenvalue weighted by molar-refractivity contribution is 5.89. The van der Waals surface area contributed by atoms with Crippen LogP contribution in [0.1, 0.15) is 28.9 Å². The fraction of sp³-hybridized carbons (Fsp3) is 0.429. The highest BCUT2D eigenvalue weighted by atomic mass is 16.5. The summed E-state index contributed by atoms with van der Waals surface area (Å²) in [6, 6.07) is 3.70. The van der Waals surface area contributed by atoms with Crippen LogP contribution in [0.25, 0.3) is 5.57 Å². The summed E-state index contributed by atoms with van der Waals surface area (Å²) >= 11 is 0. The van der Waals surface area contributed by atoms with Gasteiger partial charge in [0.1, 0.15) is 0 Å². The number of hydrogen-bond donors (Lipinski definition) is 0. The molecule has 1 aromatic rings. The van der Waals surface area contributed by atoms with Crippen molar-refractivity contribution in [3.8, 4) is 0 Å². The van der Waals surface area contributed by atoms with Crippen LogP contribution in [0.15, 0.2) is 24.5 Å². The van der Waals surface area contributed by atoms with E-state index >= 15 is 0 Å². The normalized spacial score (nSPS) is 18.7. The van der Waals surface area contributed by atoms with E-state index in [4.69, 9.17) is 0 Å². The minimum atomic E-state index is -0.336. The molecule has 1 fully saturated rings. The zero-order valence-electron chi connectivity index (χ0n) is 10.4. The molecule has 0 N–H and O–H groups in total. The first-order chi connectivity index (χ1) is 8.78. The Bertz CT molecular complexity index is 485. The molecule has 0 radical (unpaired) electrons. The van der Waals surface area contributed by atoms with Gasteiger partial charge in [0.25, 0.3) is 0 Å². The Hall–Kier alpha value is -1.84. The van der Waals surface area contributed by atoms with E-state index in [2.05, 4.69) is 20.8 Å². The maximum Gasteiger partial charge on any atom is 0.339 e. The molecule has 94 valence electrons. The molecule has 3 aliphatic rings. The van der Waals surface area contributed by atoms with Crippen LogP contribution < -0.4 is 0 Å². The van der Waals surface area contributed by atoms with Crippen molar-refractivity contribution in [2.75, 3.05) is 20.2 Å². The molecule has 3 aliphatic heterocycles. The number of esters is 1. The molecule has 0 amide bonds. The smallest absolute Gasteiger partial charge is 0.339 e. The van der Waals surface area contributed by atoms with Crippen LogP contribution in [-0.2, 0) is 4.74 Å². The molecule has 2 bridgehead atoms. The van der Waals surface area contributed by atoms with Gasteiger partial charge in [-0.05, 0) is 36.5 Å². The van der Waals surface area contributed by atoms with E-state index in [0.29, 0.717) is 11.5 Å². The number of fused-ring (bicyclic) bond motifs is 2. The predicted molar refractivity (Wildman–Crippen MR) is 67.9 cm³/mol. The Morgan fingerprint density at radius 3 is 2.67 bits per heavy atom. The fourth-order valence-electron chi connectivity index (χ4n) is 2.72. The van der Waals surface area contributed by atoms with Crippen molar-refractivity contribution >= 4 is 11.5 Å². The number of aromatic nitrogens is 1. The lowest BCUT2D eigenvalue weighted by Gasteiger charge is -2.38. The molecule has 0 atom stereocenters. The lowest BCUT2D eigenvalue weighted by molar-refractivity contribution is 0.0600. The molecule has 0 unspecified atom stereocenters. The first kappa shape index (κ1) is 11.3. The van der Waals surface area contributed by atoms with E-state index in [1.54, 1.807) is 12.3 Å². The second-order valence-electron chi connectivity index (χ2n) is 4.82. The van der Waals surface area contributed by atoms with Gasteiger partial charge in [-0.1, -0.05) is 0 Å². The van der Waals surface area contributed by atoms with Gasteiger partial charge in [0, 0.05) is 25.5 Å². The Morgan fingerprint density at radius 2 is 2.17 bits per heavy atom. The SMILES string of the molecule is COC(=O)c1ccc(C2=CN3CCC2CC3)nc1. The van der Waals surface area contributed by atoms with E-state index in [9.17, 15) is 4.79 Å².